The van der Waals surface area contributed by atoms with Gasteiger partial charge in [-0.05, 0) is 39.4 Å². The summed E-state index contributed by atoms with van der Waals surface area (Å²) in [5.74, 6) is -0.308. The van der Waals surface area contributed by atoms with Crippen LogP contribution in [0.4, 0.5) is 0 Å². The molecule has 1 rings (SSSR count). The Balaban J connectivity index is 2.74. The number of ether oxygens (including phenoxy) is 1. The summed E-state index contributed by atoms with van der Waals surface area (Å²) in [5.41, 5.74) is 0.917. The average Bonchev–Trinajstić information content (AvgIpc) is 2.24. The zero-order valence-electron chi connectivity index (χ0n) is 10.9. The van der Waals surface area contributed by atoms with Gasteiger partial charge >= 0.3 is 5.97 Å². The largest absolute Gasteiger partial charge is 0.456 e. The molecule has 0 radical (unpaired) electrons. The highest BCUT2D eigenvalue weighted by Gasteiger charge is 2.17. The summed E-state index contributed by atoms with van der Waals surface area (Å²) in [5, 5.41) is 3.16. The van der Waals surface area contributed by atoms with Crippen LogP contribution >= 0.6 is 0 Å². The van der Waals surface area contributed by atoms with Crippen LogP contribution in [0.1, 0.15) is 43.7 Å². The lowest BCUT2D eigenvalue weighted by Crippen LogP contribution is -2.24. The SMILES string of the molecule is CCNCc1cc(C(=O)OC(C)(C)C)ccn1. The predicted octanol–water partition coefficient (Wildman–Crippen LogP) is 2.15. The number of esters is 1. The summed E-state index contributed by atoms with van der Waals surface area (Å²) >= 11 is 0. The van der Waals surface area contributed by atoms with E-state index in [0.29, 0.717) is 12.1 Å². The third-order valence-electron chi connectivity index (χ3n) is 2.01. The number of rotatable bonds is 4. The molecule has 4 nitrogen and oxygen atoms in total. The molecule has 0 saturated heterocycles. The zero-order chi connectivity index (χ0) is 12.9. The van der Waals surface area contributed by atoms with Crippen LogP contribution in [-0.2, 0) is 11.3 Å². The molecule has 0 aliphatic carbocycles. The van der Waals surface area contributed by atoms with Gasteiger partial charge in [0.05, 0.1) is 11.3 Å². The molecule has 0 fully saturated rings. The van der Waals surface area contributed by atoms with Crippen molar-refractivity contribution in [2.75, 3.05) is 6.54 Å². The highest BCUT2D eigenvalue weighted by Crippen LogP contribution is 2.12. The van der Waals surface area contributed by atoms with Gasteiger partial charge in [0.1, 0.15) is 5.60 Å². The molecule has 17 heavy (non-hydrogen) atoms. The van der Waals surface area contributed by atoms with Crippen molar-refractivity contribution in [3.05, 3.63) is 29.6 Å². The topological polar surface area (TPSA) is 51.2 Å². The van der Waals surface area contributed by atoms with Crippen LogP contribution in [0.15, 0.2) is 18.3 Å². The Hall–Kier alpha value is -1.42. The zero-order valence-corrected chi connectivity index (χ0v) is 10.9. The van der Waals surface area contributed by atoms with Gasteiger partial charge in [-0.15, -0.1) is 0 Å². The highest BCUT2D eigenvalue weighted by atomic mass is 16.6. The first-order valence-corrected chi connectivity index (χ1v) is 5.81. The normalized spacial score (nSPS) is 11.3. The maximum absolute atomic E-state index is 11.8. The van der Waals surface area contributed by atoms with Crippen molar-refractivity contribution >= 4 is 5.97 Å². The van der Waals surface area contributed by atoms with Crippen molar-refractivity contribution in [3.63, 3.8) is 0 Å². The smallest absolute Gasteiger partial charge is 0.338 e. The number of nitrogens with zero attached hydrogens (tertiary/aromatic N) is 1. The minimum Gasteiger partial charge on any atom is -0.456 e. The molecule has 0 amide bonds. The van der Waals surface area contributed by atoms with Crippen LogP contribution in [0.25, 0.3) is 0 Å². The van der Waals surface area contributed by atoms with E-state index >= 15 is 0 Å². The molecule has 1 aromatic rings. The lowest BCUT2D eigenvalue weighted by Gasteiger charge is -2.19. The maximum atomic E-state index is 11.8. The van der Waals surface area contributed by atoms with E-state index in [1.54, 1.807) is 18.3 Å². The van der Waals surface area contributed by atoms with Crippen molar-refractivity contribution in [1.82, 2.24) is 10.3 Å². The molecule has 0 saturated carbocycles. The Kier molecular flexibility index (Phi) is 4.63. The van der Waals surface area contributed by atoms with Crippen molar-refractivity contribution in [2.24, 2.45) is 0 Å². The molecule has 0 bridgehead atoms. The Labute approximate surface area is 102 Å². The van der Waals surface area contributed by atoms with Crippen LogP contribution < -0.4 is 5.32 Å². The van der Waals surface area contributed by atoms with E-state index < -0.39 is 5.60 Å². The van der Waals surface area contributed by atoms with Crippen LogP contribution in [0.3, 0.4) is 0 Å². The van der Waals surface area contributed by atoms with Crippen molar-refractivity contribution in [2.45, 2.75) is 39.8 Å². The molecule has 0 atom stereocenters. The number of hydrogen-bond acceptors (Lipinski definition) is 4. The second kappa shape index (κ2) is 5.77. The molecule has 1 heterocycles. The van der Waals surface area contributed by atoms with E-state index in [2.05, 4.69) is 10.3 Å². The molecule has 0 unspecified atom stereocenters. The van der Waals surface area contributed by atoms with E-state index in [-0.39, 0.29) is 5.97 Å². The fourth-order valence-electron chi connectivity index (χ4n) is 1.29. The second-order valence-electron chi connectivity index (χ2n) is 4.82. The summed E-state index contributed by atoms with van der Waals surface area (Å²) in [6.45, 7) is 9.12. The molecule has 0 spiro atoms. The maximum Gasteiger partial charge on any atom is 0.338 e. The van der Waals surface area contributed by atoms with E-state index in [1.165, 1.54) is 0 Å². The van der Waals surface area contributed by atoms with E-state index in [4.69, 9.17) is 4.74 Å². The third-order valence-corrected chi connectivity index (χ3v) is 2.01. The van der Waals surface area contributed by atoms with Crippen LogP contribution in [0.5, 0.6) is 0 Å². The van der Waals surface area contributed by atoms with Gasteiger partial charge in [0, 0.05) is 12.7 Å². The van der Waals surface area contributed by atoms with E-state index in [1.807, 2.05) is 27.7 Å². The first-order chi connectivity index (χ1) is 7.92. The Morgan fingerprint density at radius 2 is 2.18 bits per heavy atom. The summed E-state index contributed by atoms with van der Waals surface area (Å²) in [6.07, 6.45) is 1.63. The number of aromatic nitrogens is 1. The molecule has 0 aliphatic rings. The number of carbonyl (C=O) groups is 1. The first-order valence-electron chi connectivity index (χ1n) is 5.81. The van der Waals surface area contributed by atoms with Gasteiger partial charge < -0.3 is 10.1 Å². The lowest BCUT2D eigenvalue weighted by molar-refractivity contribution is 0.00692. The van der Waals surface area contributed by atoms with Gasteiger partial charge in [-0.3, -0.25) is 4.98 Å². The molecule has 4 heteroatoms. The summed E-state index contributed by atoms with van der Waals surface area (Å²) < 4.78 is 5.30. The van der Waals surface area contributed by atoms with E-state index in [9.17, 15) is 4.79 Å². The summed E-state index contributed by atoms with van der Waals surface area (Å²) in [7, 11) is 0. The minimum absolute atomic E-state index is 0.308. The van der Waals surface area contributed by atoms with E-state index in [0.717, 1.165) is 12.2 Å². The summed E-state index contributed by atoms with van der Waals surface area (Å²) in [6, 6.07) is 3.43. The minimum atomic E-state index is -0.470. The molecule has 94 valence electrons. The number of hydrogen-bond donors (Lipinski definition) is 1. The first kappa shape index (κ1) is 13.6. The summed E-state index contributed by atoms with van der Waals surface area (Å²) in [4.78, 5) is 16.0. The van der Waals surface area contributed by atoms with Crippen molar-refractivity contribution in [3.8, 4) is 0 Å². The number of nitrogens with one attached hydrogen (secondary N) is 1. The van der Waals surface area contributed by atoms with Crippen molar-refractivity contribution in [1.29, 1.82) is 0 Å². The second-order valence-corrected chi connectivity index (χ2v) is 4.82. The lowest BCUT2D eigenvalue weighted by atomic mass is 10.1. The van der Waals surface area contributed by atoms with Gasteiger partial charge in [0.15, 0.2) is 0 Å². The quantitative estimate of drug-likeness (QED) is 0.814. The number of carbonyl (C=O) groups excluding carboxylic acids is 1. The Morgan fingerprint density at radius 1 is 1.47 bits per heavy atom. The molecular weight excluding hydrogens is 216 g/mol. The average molecular weight is 236 g/mol. The molecule has 0 aliphatic heterocycles. The molecule has 0 aromatic carbocycles. The third kappa shape index (κ3) is 4.95. The molecule has 1 N–H and O–H groups in total. The van der Waals surface area contributed by atoms with Gasteiger partial charge in [-0.25, -0.2) is 4.79 Å². The van der Waals surface area contributed by atoms with Gasteiger partial charge in [0.2, 0.25) is 0 Å². The van der Waals surface area contributed by atoms with Crippen molar-refractivity contribution < 1.29 is 9.53 Å². The fraction of sp³-hybridized carbons (Fsp3) is 0.538. The highest BCUT2D eigenvalue weighted by molar-refractivity contribution is 5.89. The standard InChI is InChI=1S/C13H20N2O2/c1-5-14-9-11-8-10(6-7-15-11)12(16)17-13(2,3)4/h6-8,14H,5,9H2,1-4H3. The fourth-order valence-corrected chi connectivity index (χ4v) is 1.29. The van der Waals surface area contributed by atoms with Crippen LogP contribution in [-0.4, -0.2) is 23.1 Å². The monoisotopic (exact) mass is 236 g/mol. The van der Waals surface area contributed by atoms with Gasteiger partial charge in [0.25, 0.3) is 0 Å². The Bertz CT molecular complexity index is 383. The van der Waals surface area contributed by atoms with Gasteiger partial charge in [-0.1, -0.05) is 6.92 Å². The van der Waals surface area contributed by atoms with Crippen LogP contribution in [0, 0.1) is 0 Å². The predicted molar refractivity (Wildman–Crippen MR) is 66.8 cm³/mol. The van der Waals surface area contributed by atoms with Crippen LogP contribution in [0.2, 0.25) is 0 Å². The molecule has 1 aromatic heterocycles. The van der Waals surface area contributed by atoms with Gasteiger partial charge in [-0.2, -0.15) is 0 Å². The number of pyridine rings is 1. The molecular formula is C13H20N2O2. The Morgan fingerprint density at radius 3 is 2.76 bits per heavy atom.